The molecule has 33 heavy (non-hydrogen) atoms. The van der Waals surface area contributed by atoms with Gasteiger partial charge in [0.25, 0.3) is 0 Å². The molecule has 0 unspecified atom stereocenters. The van der Waals surface area contributed by atoms with Gasteiger partial charge in [-0.2, -0.15) is 0 Å². The summed E-state index contributed by atoms with van der Waals surface area (Å²) in [4.78, 5) is 13.6. The maximum absolute atomic E-state index is 11.8. The summed E-state index contributed by atoms with van der Waals surface area (Å²) in [5, 5.41) is 13.8. The minimum atomic E-state index is -0.529. The minimum Gasteiger partial charge on any atom is -0.508 e. The van der Waals surface area contributed by atoms with Crippen LogP contribution in [0.25, 0.3) is 5.70 Å². The Labute approximate surface area is 199 Å². The number of phenols is 1. The van der Waals surface area contributed by atoms with Crippen LogP contribution in [0.1, 0.15) is 42.0 Å². The number of carbonyl (C=O) groups excluding carboxylic acids is 1. The molecule has 1 amide bonds. The third kappa shape index (κ3) is 4.90. The van der Waals surface area contributed by atoms with Crippen molar-refractivity contribution in [3.8, 4) is 11.5 Å². The fourth-order valence-corrected chi connectivity index (χ4v) is 4.76. The van der Waals surface area contributed by atoms with Crippen molar-refractivity contribution in [1.29, 1.82) is 0 Å². The molecule has 0 saturated carbocycles. The van der Waals surface area contributed by atoms with E-state index in [0.717, 1.165) is 28.1 Å². The first-order chi connectivity index (χ1) is 15.7. The summed E-state index contributed by atoms with van der Waals surface area (Å²) in [7, 11) is 0. The molecular formula is C25H30N4O3S. The van der Waals surface area contributed by atoms with Crippen molar-refractivity contribution in [2.24, 2.45) is 0 Å². The van der Waals surface area contributed by atoms with Gasteiger partial charge in [-0.25, -0.2) is 0 Å². The molecule has 4 N–H and O–H groups in total. The Morgan fingerprint density at radius 1 is 1.12 bits per heavy atom. The van der Waals surface area contributed by atoms with Crippen molar-refractivity contribution < 1.29 is 14.6 Å². The zero-order valence-corrected chi connectivity index (χ0v) is 20.2. The highest BCUT2D eigenvalue weighted by molar-refractivity contribution is 7.80. The van der Waals surface area contributed by atoms with Gasteiger partial charge in [0.15, 0.2) is 5.11 Å². The van der Waals surface area contributed by atoms with E-state index in [9.17, 15) is 9.90 Å². The number of nitrogens with one attached hydrogen (secondary N) is 3. The average molecular weight is 467 g/mol. The Balaban J connectivity index is 1.53. The molecule has 0 radical (unpaired) electrons. The number of anilines is 1. The van der Waals surface area contributed by atoms with Crippen molar-refractivity contribution in [1.82, 2.24) is 15.8 Å². The number of carbonyl (C=O) groups is 1. The number of hydrogen-bond donors (Lipinski definition) is 4. The van der Waals surface area contributed by atoms with Crippen molar-refractivity contribution in [3.63, 3.8) is 0 Å². The Morgan fingerprint density at radius 3 is 2.42 bits per heavy atom. The number of hydrogen-bond acceptors (Lipinski definition) is 5. The van der Waals surface area contributed by atoms with Gasteiger partial charge in [-0.15, -0.1) is 0 Å². The predicted molar refractivity (Wildman–Crippen MR) is 134 cm³/mol. The number of likely N-dealkylation sites (tertiary alicyclic amines) is 1. The lowest BCUT2D eigenvalue weighted by Gasteiger charge is -2.42. The molecule has 0 aliphatic carbocycles. The number of benzene rings is 2. The molecule has 2 aromatic carbocycles. The first-order valence-electron chi connectivity index (χ1n) is 11.1. The zero-order chi connectivity index (χ0) is 23.8. The fourth-order valence-electron chi connectivity index (χ4n) is 4.60. The van der Waals surface area contributed by atoms with Crippen LogP contribution in [0, 0.1) is 20.8 Å². The first kappa shape index (κ1) is 22.9. The van der Waals surface area contributed by atoms with Crippen molar-refractivity contribution in [2.75, 3.05) is 18.4 Å². The SMILES string of the molecule is CC(=O)N1CCC2(C=C(NNC(=S)Nc3c(C)cc(C)cc3C)c3cc(O)ccc3O2)CC1. The highest BCUT2D eigenvalue weighted by Crippen LogP contribution is 2.41. The summed E-state index contributed by atoms with van der Waals surface area (Å²) in [5.74, 6) is 0.909. The number of ether oxygens (including phenoxy) is 1. The lowest BCUT2D eigenvalue weighted by molar-refractivity contribution is -0.131. The quantitative estimate of drug-likeness (QED) is 0.403. The van der Waals surface area contributed by atoms with E-state index in [1.54, 1.807) is 25.1 Å². The number of nitrogens with zero attached hydrogens (tertiary/aromatic N) is 1. The maximum atomic E-state index is 11.8. The molecule has 0 bridgehead atoms. The molecule has 2 aliphatic rings. The van der Waals surface area contributed by atoms with E-state index >= 15 is 0 Å². The van der Waals surface area contributed by atoms with Crippen LogP contribution in [0.2, 0.25) is 0 Å². The Morgan fingerprint density at radius 2 is 1.79 bits per heavy atom. The van der Waals surface area contributed by atoms with Gasteiger partial charge in [-0.1, -0.05) is 17.7 Å². The number of phenolic OH excluding ortho intramolecular Hbond substituents is 1. The summed E-state index contributed by atoms with van der Waals surface area (Å²) in [6, 6.07) is 9.28. The molecule has 0 atom stereocenters. The van der Waals surface area contributed by atoms with Crippen LogP contribution >= 0.6 is 12.2 Å². The highest BCUT2D eigenvalue weighted by atomic mass is 32.1. The Kier molecular flexibility index (Phi) is 6.21. The second-order valence-electron chi connectivity index (χ2n) is 8.89. The van der Waals surface area contributed by atoms with Gasteiger partial charge >= 0.3 is 0 Å². The van der Waals surface area contributed by atoms with Gasteiger partial charge in [-0.3, -0.25) is 15.6 Å². The minimum absolute atomic E-state index is 0.0769. The number of aromatic hydroxyl groups is 1. The van der Waals surface area contributed by atoms with Crippen molar-refractivity contribution in [3.05, 3.63) is 58.7 Å². The molecule has 8 heteroatoms. The number of fused-ring (bicyclic) bond motifs is 1. The summed E-state index contributed by atoms with van der Waals surface area (Å²) in [6.07, 6.45) is 3.40. The van der Waals surface area contributed by atoms with Crippen LogP contribution in [-0.4, -0.2) is 39.7 Å². The van der Waals surface area contributed by atoms with Gasteiger partial charge in [0.05, 0.1) is 5.70 Å². The first-order valence-corrected chi connectivity index (χ1v) is 11.5. The molecule has 1 spiro atoms. The Bertz CT molecular complexity index is 1110. The smallest absolute Gasteiger partial charge is 0.219 e. The van der Waals surface area contributed by atoms with Crippen LogP contribution in [0.5, 0.6) is 11.5 Å². The molecule has 2 aromatic rings. The number of amides is 1. The molecule has 174 valence electrons. The summed E-state index contributed by atoms with van der Waals surface area (Å²) in [5.41, 5.74) is 11.7. The van der Waals surface area contributed by atoms with Gasteiger partial charge in [0.1, 0.15) is 17.1 Å². The maximum Gasteiger partial charge on any atom is 0.219 e. The average Bonchev–Trinajstić information content (AvgIpc) is 2.75. The van der Waals surface area contributed by atoms with Gasteiger partial charge in [0.2, 0.25) is 5.91 Å². The molecule has 4 rings (SSSR count). The van der Waals surface area contributed by atoms with Crippen LogP contribution in [-0.2, 0) is 4.79 Å². The summed E-state index contributed by atoms with van der Waals surface area (Å²) >= 11 is 5.54. The number of hydrazine groups is 1. The molecule has 0 aromatic heterocycles. The van der Waals surface area contributed by atoms with E-state index in [0.29, 0.717) is 36.8 Å². The predicted octanol–water partition coefficient (Wildman–Crippen LogP) is 3.92. The van der Waals surface area contributed by atoms with Crippen molar-refractivity contribution >= 4 is 34.6 Å². The monoisotopic (exact) mass is 466 g/mol. The van der Waals surface area contributed by atoms with E-state index in [1.807, 2.05) is 11.0 Å². The van der Waals surface area contributed by atoms with E-state index in [4.69, 9.17) is 17.0 Å². The number of thiocarbonyl (C=S) groups is 1. The van der Waals surface area contributed by atoms with Crippen LogP contribution < -0.4 is 20.9 Å². The third-order valence-electron chi connectivity index (χ3n) is 6.26. The van der Waals surface area contributed by atoms with Crippen LogP contribution in [0.15, 0.2) is 36.4 Å². The molecule has 1 fully saturated rings. The molecular weight excluding hydrogens is 436 g/mol. The lowest BCUT2D eigenvalue weighted by atomic mass is 9.87. The van der Waals surface area contributed by atoms with Gasteiger partial charge in [0, 0.05) is 44.1 Å². The molecule has 7 nitrogen and oxygen atoms in total. The standard InChI is InChI=1S/C25H30N4O3S/c1-15-11-16(2)23(17(3)12-15)26-24(33)28-27-21-14-25(7-9-29(10-8-25)18(4)30)32-22-6-5-19(31)13-20(21)22/h5-6,11-14,27,31H,7-10H2,1-4H3,(H2,26,28,33). The number of piperidine rings is 1. The van der Waals surface area contributed by atoms with Gasteiger partial charge < -0.3 is 20.1 Å². The topological polar surface area (TPSA) is 85.9 Å². The highest BCUT2D eigenvalue weighted by Gasteiger charge is 2.39. The van der Waals surface area contributed by atoms with E-state index < -0.39 is 5.60 Å². The zero-order valence-electron chi connectivity index (χ0n) is 19.4. The number of aryl methyl sites for hydroxylation is 3. The van der Waals surface area contributed by atoms with Gasteiger partial charge in [-0.05, 0) is 68.4 Å². The second-order valence-corrected chi connectivity index (χ2v) is 9.30. The summed E-state index contributed by atoms with van der Waals surface area (Å²) < 4.78 is 6.38. The summed E-state index contributed by atoms with van der Waals surface area (Å²) in [6.45, 7) is 9.03. The molecule has 2 aliphatic heterocycles. The fraction of sp³-hybridized carbons (Fsp3) is 0.360. The third-order valence-corrected chi connectivity index (χ3v) is 6.46. The second kappa shape index (κ2) is 8.94. The van der Waals surface area contributed by atoms with E-state index in [1.165, 1.54) is 5.56 Å². The number of rotatable bonds is 3. The molecule has 1 saturated heterocycles. The van der Waals surface area contributed by atoms with E-state index in [2.05, 4.69) is 49.1 Å². The van der Waals surface area contributed by atoms with Crippen molar-refractivity contribution in [2.45, 2.75) is 46.1 Å². The van der Waals surface area contributed by atoms with E-state index in [-0.39, 0.29) is 11.7 Å². The largest absolute Gasteiger partial charge is 0.508 e. The van der Waals surface area contributed by atoms with Crippen LogP contribution in [0.3, 0.4) is 0 Å². The van der Waals surface area contributed by atoms with Crippen LogP contribution in [0.4, 0.5) is 5.69 Å². The Hall–Kier alpha value is -3.26. The molecule has 2 heterocycles. The lowest BCUT2D eigenvalue weighted by Crippen LogP contribution is -2.50. The normalized spacial score (nSPS) is 16.4.